The van der Waals surface area contributed by atoms with E-state index in [1.54, 1.807) is 26.0 Å². The maximum atomic E-state index is 13.2. The zero-order valence-corrected chi connectivity index (χ0v) is 17.4. The van der Waals surface area contributed by atoms with Crippen LogP contribution < -0.4 is 10.6 Å². The van der Waals surface area contributed by atoms with Crippen molar-refractivity contribution in [2.45, 2.75) is 51.2 Å². The number of carbonyl (C=O) groups is 5. The van der Waals surface area contributed by atoms with E-state index in [2.05, 4.69) is 10.6 Å². The van der Waals surface area contributed by atoms with E-state index in [0.717, 1.165) is 0 Å². The van der Waals surface area contributed by atoms with Crippen molar-refractivity contribution >= 4 is 30.0 Å². The molecule has 31 heavy (non-hydrogen) atoms. The Bertz CT molecular complexity index is 855. The number of aldehydes is 1. The van der Waals surface area contributed by atoms with Crippen LogP contribution in [0.1, 0.15) is 43.5 Å². The summed E-state index contributed by atoms with van der Waals surface area (Å²) in [7, 11) is 0. The number of amides is 3. The number of carbonyl (C=O) groups excluding carboxylic acids is 4. The summed E-state index contributed by atoms with van der Waals surface area (Å²) in [5.74, 6) is -3.44. The third kappa shape index (κ3) is 6.03. The molecule has 1 saturated heterocycles. The quantitative estimate of drug-likeness (QED) is 0.408. The van der Waals surface area contributed by atoms with Gasteiger partial charge in [0, 0.05) is 6.54 Å². The molecule has 3 amide bonds. The van der Waals surface area contributed by atoms with E-state index in [1.165, 1.54) is 17.0 Å². The summed E-state index contributed by atoms with van der Waals surface area (Å²) < 4.78 is 0. The molecule has 3 atom stereocenters. The zero-order chi connectivity index (χ0) is 23.1. The number of likely N-dealkylation sites (tertiary alicyclic amines) is 1. The SMILES string of the molecule is CC(C)[C@H](NC(=O)c1ccccc1O)C(=O)N1CCC[C@H]1C(=O)N[C@H](C=O)CC(=O)O. The Balaban J connectivity index is 2.14. The first-order valence-electron chi connectivity index (χ1n) is 10.0. The topological polar surface area (TPSA) is 153 Å². The zero-order valence-electron chi connectivity index (χ0n) is 17.4. The maximum absolute atomic E-state index is 13.2. The van der Waals surface area contributed by atoms with Gasteiger partial charge >= 0.3 is 5.97 Å². The van der Waals surface area contributed by atoms with Gasteiger partial charge in [0.2, 0.25) is 11.8 Å². The second-order valence-electron chi connectivity index (χ2n) is 7.75. The number of phenols is 1. The van der Waals surface area contributed by atoms with Crippen molar-refractivity contribution in [1.82, 2.24) is 15.5 Å². The molecule has 0 unspecified atom stereocenters. The van der Waals surface area contributed by atoms with E-state index in [0.29, 0.717) is 19.1 Å². The lowest BCUT2D eigenvalue weighted by Crippen LogP contribution is -2.56. The summed E-state index contributed by atoms with van der Waals surface area (Å²) in [6.07, 6.45) is 0.693. The molecule has 168 valence electrons. The highest BCUT2D eigenvalue weighted by Gasteiger charge is 2.39. The first-order chi connectivity index (χ1) is 14.6. The standard InChI is InChI=1S/C21H27N3O7/c1-12(2)18(23-19(29)14-6-3-4-8-16(14)26)21(31)24-9-5-7-15(24)20(30)22-13(11-25)10-17(27)28/h3-4,6,8,11-13,15,18,26H,5,7,9-10H2,1-2H3,(H,22,30)(H,23,29)(H,27,28)/t13-,15-,18-/m0/s1. The van der Waals surface area contributed by atoms with Crippen LogP contribution in [0.3, 0.4) is 0 Å². The summed E-state index contributed by atoms with van der Waals surface area (Å²) in [5, 5.41) is 23.7. The van der Waals surface area contributed by atoms with Crippen molar-refractivity contribution in [3.8, 4) is 5.75 Å². The molecule has 1 aliphatic rings. The lowest BCUT2D eigenvalue weighted by atomic mass is 10.0. The fourth-order valence-corrected chi connectivity index (χ4v) is 3.48. The first-order valence-corrected chi connectivity index (χ1v) is 10.0. The molecule has 10 nitrogen and oxygen atoms in total. The molecule has 1 fully saturated rings. The Morgan fingerprint density at radius 1 is 1.19 bits per heavy atom. The van der Waals surface area contributed by atoms with Crippen LogP contribution in [0, 0.1) is 5.92 Å². The van der Waals surface area contributed by atoms with Gasteiger partial charge in [-0.05, 0) is 30.9 Å². The van der Waals surface area contributed by atoms with Crippen LogP contribution in [0.2, 0.25) is 0 Å². The van der Waals surface area contributed by atoms with Crippen molar-refractivity contribution in [1.29, 1.82) is 0 Å². The highest BCUT2D eigenvalue weighted by atomic mass is 16.4. The summed E-state index contributed by atoms with van der Waals surface area (Å²) in [6.45, 7) is 3.78. The van der Waals surface area contributed by atoms with Gasteiger partial charge in [-0.3, -0.25) is 19.2 Å². The van der Waals surface area contributed by atoms with Gasteiger partial charge in [0.1, 0.15) is 24.1 Å². The molecule has 1 heterocycles. The summed E-state index contributed by atoms with van der Waals surface area (Å²) >= 11 is 0. The fraction of sp³-hybridized carbons (Fsp3) is 0.476. The fourth-order valence-electron chi connectivity index (χ4n) is 3.48. The first kappa shape index (κ1) is 23.8. The Morgan fingerprint density at radius 3 is 2.45 bits per heavy atom. The van der Waals surface area contributed by atoms with Gasteiger partial charge < -0.3 is 30.5 Å². The van der Waals surface area contributed by atoms with Crippen LogP contribution in [0.15, 0.2) is 24.3 Å². The van der Waals surface area contributed by atoms with Crippen molar-refractivity contribution in [2.24, 2.45) is 5.92 Å². The van der Waals surface area contributed by atoms with Crippen LogP contribution in [0.5, 0.6) is 5.75 Å². The highest BCUT2D eigenvalue weighted by molar-refractivity contribution is 6.00. The number of aromatic hydroxyl groups is 1. The molecule has 0 spiro atoms. The lowest BCUT2D eigenvalue weighted by Gasteiger charge is -2.31. The van der Waals surface area contributed by atoms with Crippen LogP contribution in [0.25, 0.3) is 0 Å². The minimum atomic E-state index is -1.23. The molecule has 0 saturated carbocycles. The third-order valence-electron chi connectivity index (χ3n) is 5.09. The van der Waals surface area contributed by atoms with Crippen molar-refractivity contribution in [3.63, 3.8) is 0 Å². The van der Waals surface area contributed by atoms with E-state index in [4.69, 9.17) is 5.11 Å². The molecular formula is C21H27N3O7. The van der Waals surface area contributed by atoms with Gasteiger partial charge in [-0.25, -0.2) is 0 Å². The normalized spacial score (nSPS) is 17.6. The number of benzene rings is 1. The van der Waals surface area contributed by atoms with Gasteiger partial charge in [-0.15, -0.1) is 0 Å². The number of phenolic OH excluding ortho intramolecular Hbond substituents is 1. The summed E-state index contributed by atoms with van der Waals surface area (Å²) in [5.41, 5.74) is 0.0270. The van der Waals surface area contributed by atoms with Gasteiger partial charge in [0.05, 0.1) is 18.0 Å². The molecule has 1 aromatic rings. The van der Waals surface area contributed by atoms with Crippen molar-refractivity contribution < 1.29 is 34.2 Å². The predicted octanol–water partition coefficient (Wildman–Crippen LogP) is 0.296. The lowest BCUT2D eigenvalue weighted by molar-refractivity contribution is -0.142. The minimum absolute atomic E-state index is 0.0270. The Morgan fingerprint density at radius 2 is 1.87 bits per heavy atom. The maximum Gasteiger partial charge on any atom is 0.305 e. The van der Waals surface area contributed by atoms with E-state index in [-0.39, 0.29) is 23.8 Å². The van der Waals surface area contributed by atoms with E-state index in [9.17, 15) is 29.1 Å². The van der Waals surface area contributed by atoms with Crippen LogP contribution in [-0.4, -0.2) is 69.8 Å². The van der Waals surface area contributed by atoms with Gasteiger partial charge in [0.15, 0.2) is 0 Å². The molecule has 0 aliphatic carbocycles. The molecular weight excluding hydrogens is 406 g/mol. The smallest absolute Gasteiger partial charge is 0.305 e. The van der Waals surface area contributed by atoms with E-state index >= 15 is 0 Å². The van der Waals surface area contributed by atoms with Gasteiger partial charge in [-0.1, -0.05) is 26.0 Å². The second kappa shape index (κ2) is 10.6. The van der Waals surface area contributed by atoms with Crippen LogP contribution in [0.4, 0.5) is 0 Å². The highest BCUT2D eigenvalue weighted by Crippen LogP contribution is 2.22. The van der Waals surface area contributed by atoms with E-state index in [1.807, 2.05) is 0 Å². The van der Waals surface area contributed by atoms with Gasteiger partial charge in [-0.2, -0.15) is 0 Å². The van der Waals surface area contributed by atoms with Crippen molar-refractivity contribution in [2.75, 3.05) is 6.54 Å². The number of carboxylic acid groups (broad SMARTS) is 1. The Labute approximate surface area is 179 Å². The van der Waals surface area contributed by atoms with Gasteiger partial charge in [0.25, 0.3) is 5.91 Å². The number of nitrogens with zero attached hydrogens (tertiary/aromatic N) is 1. The number of para-hydroxylation sites is 1. The summed E-state index contributed by atoms with van der Waals surface area (Å²) in [4.78, 5) is 61.6. The Kier molecular flexibility index (Phi) is 8.12. The monoisotopic (exact) mass is 433 g/mol. The molecule has 4 N–H and O–H groups in total. The largest absolute Gasteiger partial charge is 0.507 e. The molecule has 0 radical (unpaired) electrons. The molecule has 10 heteroatoms. The average Bonchev–Trinajstić information content (AvgIpc) is 3.20. The number of carboxylic acids is 1. The number of aliphatic carboxylic acids is 1. The predicted molar refractivity (Wildman–Crippen MR) is 109 cm³/mol. The number of nitrogens with one attached hydrogen (secondary N) is 2. The molecule has 2 rings (SSSR count). The average molecular weight is 433 g/mol. The van der Waals surface area contributed by atoms with Crippen LogP contribution >= 0.6 is 0 Å². The molecule has 1 aliphatic heterocycles. The molecule has 0 bridgehead atoms. The molecule has 1 aromatic carbocycles. The molecule has 0 aromatic heterocycles. The number of hydrogen-bond acceptors (Lipinski definition) is 6. The third-order valence-corrected chi connectivity index (χ3v) is 5.09. The van der Waals surface area contributed by atoms with E-state index < -0.39 is 48.2 Å². The van der Waals surface area contributed by atoms with Crippen molar-refractivity contribution in [3.05, 3.63) is 29.8 Å². The number of rotatable bonds is 9. The van der Waals surface area contributed by atoms with Crippen LogP contribution in [-0.2, 0) is 19.2 Å². The second-order valence-corrected chi connectivity index (χ2v) is 7.75. The number of hydrogen-bond donors (Lipinski definition) is 4. The summed E-state index contributed by atoms with van der Waals surface area (Å²) in [6, 6.07) is 2.95. The minimum Gasteiger partial charge on any atom is -0.507 e. The Hall–Kier alpha value is -3.43.